The van der Waals surface area contributed by atoms with Crippen LogP contribution in [0.5, 0.6) is 0 Å². The number of β-amino-alcohol motifs (C(OH)–C–C–N with tert-alkyl or cyclic N) is 1. The summed E-state index contributed by atoms with van der Waals surface area (Å²) in [7, 11) is 0. The summed E-state index contributed by atoms with van der Waals surface area (Å²) in [5, 5.41) is 11.1. The quantitative estimate of drug-likeness (QED) is 0.771. The van der Waals surface area contributed by atoms with Crippen LogP contribution in [0.1, 0.15) is 52.4 Å². The second-order valence-corrected chi connectivity index (χ2v) is 9.42. The molecule has 5 aliphatic rings. The second-order valence-electron chi connectivity index (χ2n) is 9.42. The lowest BCUT2D eigenvalue weighted by atomic mass is 9.39. The molecule has 3 nitrogen and oxygen atoms in total. The van der Waals surface area contributed by atoms with Crippen LogP contribution in [0.4, 0.5) is 0 Å². The van der Waals surface area contributed by atoms with E-state index in [0.29, 0.717) is 10.8 Å². The highest BCUT2D eigenvalue weighted by atomic mass is 35.5. The molecule has 1 N–H and O–H groups in total. The molecule has 0 aromatic rings. The van der Waals surface area contributed by atoms with Gasteiger partial charge in [-0.05, 0) is 60.7 Å². The summed E-state index contributed by atoms with van der Waals surface area (Å²) >= 11 is 0. The summed E-state index contributed by atoms with van der Waals surface area (Å²) in [4.78, 5) is 2.41. The van der Waals surface area contributed by atoms with E-state index in [1.54, 1.807) is 0 Å². The number of aliphatic hydroxyl groups excluding tert-OH is 1. The van der Waals surface area contributed by atoms with Crippen molar-refractivity contribution in [1.29, 1.82) is 0 Å². The molecule has 4 heteroatoms. The monoisotopic (exact) mass is 328 g/mol. The molecule has 4 aliphatic carbocycles. The molecule has 0 spiro atoms. The molecule has 1 aliphatic heterocycles. The maximum Gasteiger partial charge on any atom is 0.0723 e. The largest absolute Gasteiger partial charge is 1.00 e. The summed E-state index contributed by atoms with van der Waals surface area (Å²) in [6.07, 6.45) is 7.88. The van der Waals surface area contributed by atoms with Crippen molar-refractivity contribution in [1.82, 2.24) is 4.90 Å². The van der Waals surface area contributed by atoms with Crippen molar-refractivity contribution in [3.8, 4) is 0 Å². The van der Waals surface area contributed by atoms with Crippen molar-refractivity contribution in [3.63, 3.8) is 0 Å². The van der Waals surface area contributed by atoms with Gasteiger partial charge in [0.1, 0.15) is 0 Å². The standard InChI is InChI=1S/C18H31NO2.ClH/c1-16-7-14-8-17(2,11-16)13-18(9-14,12-16)15(20)10-19-3-5-21-6-4-19;/h14-15,20H,3-13H2,1-2H3;1H/p-1. The van der Waals surface area contributed by atoms with E-state index in [0.717, 1.165) is 38.8 Å². The highest BCUT2D eigenvalue weighted by molar-refractivity contribution is 5.12. The molecular formula is C18H31ClNO2-. The first-order valence-electron chi connectivity index (χ1n) is 8.89. The zero-order valence-electron chi connectivity index (χ0n) is 14.1. The lowest BCUT2D eigenvalue weighted by Gasteiger charge is -2.66. The maximum atomic E-state index is 11.1. The van der Waals surface area contributed by atoms with Crippen LogP contribution in [0.2, 0.25) is 0 Å². The van der Waals surface area contributed by atoms with E-state index in [1.165, 1.54) is 38.5 Å². The van der Waals surface area contributed by atoms with E-state index in [-0.39, 0.29) is 23.9 Å². The van der Waals surface area contributed by atoms with Gasteiger partial charge in [0.05, 0.1) is 19.3 Å². The van der Waals surface area contributed by atoms with Gasteiger partial charge in [0.25, 0.3) is 0 Å². The number of ether oxygens (including phenoxy) is 1. The van der Waals surface area contributed by atoms with E-state index in [4.69, 9.17) is 4.74 Å². The number of aliphatic hydroxyl groups is 1. The van der Waals surface area contributed by atoms with Crippen LogP contribution in [0.25, 0.3) is 0 Å². The highest BCUT2D eigenvalue weighted by Gasteiger charge is 2.62. The smallest absolute Gasteiger partial charge is 0.0723 e. The summed E-state index contributed by atoms with van der Waals surface area (Å²) in [5.41, 5.74) is 1.21. The third-order valence-electron chi connectivity index (χ3n) is 6.91. The fourth-order valence-electron chi connectivity index (χ4n) is 7.13. The van der Waals surface area contributed by atoms with Crippen molar-refractivity contribution in [2.75, 3.05) is 32.8 Å². The number of hydrogen-bond acceptors (Lipinski definition) is 3. The Hall–Kier alpha value is 0.170. The fraction of sp³-hybridized carbons (Fsp3) is 1.00. The van der Waals surface area contributed by atoms with E-state index < -0.39 is 0 Å². The Balaban J connectivity index is 0.00000144. The minimum Gasteiger partial charge on any atom is -1.00 e. The molecule has 0 aromatic heterocycles. The topological polar surface area (TPSA) is 32.7 Å². The third kappa shape index (κ3) is 2.83. The van der Waals surface area contributed by atoms with Crippen LogP contribution < -0.4 is 12.4 Å². The number of hydrogen-bond donors (Lipinski definition) is 1. The molecule has 128 valence electrons. The molecule has 22 heavy (non-hydrogen) atoms. The van der Waals surface area contributed by atoms with Gasteiger partial charge < -0.3 is 22.3 Å². The first kappa shape index (κ1) is 17.0. The minimum atomic E-state index is -0.141. The van der Waals surface area contributed by atoms with E-state index in [9.17, 15) is 5.11 Å². The SMILES string of the molecule is CC12CC3CC(C)(C1)CC(C(O)CN1CCOCC1)(C3)C2.[Cl-]. The minimum absolute atomic E-state index is 0. The van der Waals surface area contributed by atoms with Crippen LogP contribution in [-0.2, 0) is 4.74 Å². The van der Waals surface area contributed by atoms with Gasteiger partial charge >= 0.3 is 0 Å². The predicted octanol–water partition coefficient (Wildman–Crippen LogP) is -0.320. The number of rotatable bonds is 3. The number of halogens is 1. The Morgan fingerprint density at radius 2 is 1.64 bits per heavy atom. The predicted molar refractivity (Wildman–Crippen MR) is 83.1 cm³/mol. The van der Waals surface area contributed by atoms with Gasteiger partial charge in [-0.25, -0.2) is 0 Å². The van der Waals surface area contributed by atoms with Crippen molar-refractivity contribution in [3.05, 3.63) is 0 Å². The molecule has 4 saturated carbocycles. The van der Waals surface area contributed by atoms with Crippen LogP contribution in [-0.4, -0.2) is 49.0 Å². The number of nitrogens with zero attached hydrogens (tertiary/aromatic N) is 1. The van der Waals surface area contributed by atoms with Gasteiger partial charge in [0, 0.05) is 19.6 Å². The fourth-order valence-corrected chi connectivity index (χ4v) is 7.13. The summed E-state index contributed by atoms with van der Waals surface area (Å²) in [5.74, 6) is 0.871. The van der Waals surface area contributed by atoms with Crippen LogP contribution in [0.3, 0.4) is 0 Å². The molecule has 5 fully saturated rings. The van der Waals surface area contributed by atoms with Gasteiger partial charge in [-0.3, -0.25) is 4.90 Å². The molecule has 0 radical (unpaired) electrons. The first-order valence-corrected chi connectivity index (χ1v) is 8.89. The summed E-state index contributed by atoms with van der Waals surface area (Å²) in [6, 6.07) is 0. The Morgan fingerprint density at radius 3 is 2.18 bits per heavy atom. The van der Waals surface area contributed by atoms with Crippen molar-refractivity contribution in [2.45, 2.75) is 58.5 Å². The van der Waals surface area contributed by atoms with Crippen molar-refractivity contribution >= 4 is 0 Å². The number of morpholine rings is 1. The second kappa shape index (κ2) is 5.61. The Bertz CT molecular complexity index is 405. The van der Waals surface area contributed by atoms with Gasteiger partial charge in [-0.15, -0.1) is 0 Å². The van der Waals surface area contributed by atoms with Gasteiger partial charge in [-0.2, -0.15) is 0 Å². The Kier molecular flexibility index (Phi) is 4.34. The first-order chi connectivity index (χ1) is 9.91. The molecular weight excluding hydrogens is 298 g/mol. The average Bonchev–Trinajstić information content (AvgIpc) is 2.35. The zero-order chi connectivity index (χ0) is 14.7. The van der Waals surface area contributed by atoms with Crippen LogP contribution >= 0.6 is 0 Å². The lowest BCUT2D eigenvalue weighted by molar-refractivity contribution is -0.189. The molecule has 5 rings (SSSR count). The molecule has 4 bridgehead atoms. The third-order valence-corrected chi connectivity index (χ3v) is 6.91. The molecule has 1 saturated heterocycles. The lowest BCUT2D eigenvalue weighted by Crippen LogP contribution is -3.00. The van der Waals surface area contributed by atoms with E-state index in [2.05, 4.69) is 18.7 Å². The van der Waals surface area contributed by atoms with Gasteiger partial charge in [0.15, 0.2) is 0 Å². The summed E-state index contributed by atoms with van der Waals surface area (Å²) < 4.78 is 5.44. The van der Waals surface area contributed by atoms with E-state index in [1.807, 2.05) is 0 Å². The van der Waals surface area contributed by atoms with Gasteiger partial charge in [0.2, 0.25) is 0 Å². The molecule has 3 atom stereocenters. The molecule has 3 unspecified atom stereocenters. The maximum absolute atomic E-state index is 11.1. The van der Waals surface area contributed by atoms with Crippen LogP contribution in [0.15, 0.2) is 0 Å². The Labute approximate surface area is 141 Å². The van der Waals surface area contributed by atoms with Crippen molar-refractivity contribution < 1.29 is 22.3 Å². The molecule has 1 heterocycles. The molecule has 0 aromatic carbocycles. The normalized spacial score (nSPS) is 49.0. The average molecular weight is 329 g/mol. The highest BCUT2D eigenvalue weighted by Crippen LogP contribution is 2.70. The van der Waals surface area contributed by atoms with Crippen molar-refractivity contribution in [2.24, 2.45) is 22.2 Å². The van der Waals surface area contributed by atoms with Gasteiger partial charge in [-0.1, -0.05) is 13.8 Å². The van der Waals surface area contributed by atoms with Crippen LogP contribution in [0, 0.1) is 22.2 Å². The Morgan fingerprint density at radius 1 is 1.05 bits per heavy atom. The van der Waals surface area contributed by atoms with E-state index >= 15 is 0 Å². The molecule has 0 amide bonds. The zero-order valence-corrected chi connectivity index (χ0v) is 14.9. The summed E-state index contributed by atoms with van der Waals surface area (Å²) in [6.45, 7) is 9.49.